The van der Waals surface area contributed by atoms with Crippen LogP contribution in [0.4, 0.5) is 0 Å². The number of ether oxygens (including phenoxy) is 1. The molecular weight excluding hydrogens is 316 g/mol. The highest BCUT2D eigenvalue weighted by atomic mass is 16.5. The summed E-state index contributed by atoms with van der Waals surface area (Å²) in [6, 6.07) is 7.97. The fourth-order valence-corrected chi connectivity index (χ4v) is 3.60. The summed E-state index contributed by atoms with van der Waals surface area (Å²) in [5.74, 6) is 0.870. The Labute approximate surface area is 148 Å². The lowest BCUT2D eigenvalue weighted by Gasteiger charge is -2.38. The van der Waals surface area contributed by atoms with E-state index in [1.54, 1.807) is 44.7 Å². The van der Waals surface area contributed by atoms with Gasteiger partial charge in [0.15, 0.2) is 0 Å². The first-order chi connectivity index (χ1) is 12.1. The zero-order chi connectivity index (χ0) is 17.9. The molecule has 1 aromatic carbocycles. The third-order valence-corrected chi connectivity index (χ3v) is 4.76. The highest BCUT2D eigenvalue weighted by molar-refractivity contribution is 5.87. The van der Waals surface area contributed by atoms with E-state index >= 15 is 0 Å². The van der Waals surface area contributed by atoms with Gasteiger partial charge in [0.25, 0.3) is 0 Å². The van der Waals surface area contributed by atoms with Crippen LogP contribution in [0, 0.1) is 0 Å². The largest absolute Gasteiger partial charge is 0.497 e. The maximum absolute atomic E-state index is 13.2. The smallest absolute Gasteiger partial charge is 0.248 e. The van der Waals surface area contributed by atoms with Gasteiger partial charge in [-0.2, -0.15) is 0 Å². The first kappa shape index (κ1) is 17.4. The minimum atomic E-state index is -0.763. The van der Waals surface area contributed by atoms with Gasteiger partial charge < -0.3 is 9.64 Å². The third-order valence-electron chi connectivity index (χ3n) is 4.76. The number of carbonyl (C=O) groups is 1. The predicted octanol–water partition coefficient (Wildman–Crippen LogP) is 2.06. The lowest BCUT2D eigenvalue weighted by molar-refractivity contribution is -0.141. The van der Waals surface area contributed by atoms with Gasteiger partial charge in [-0.05, 0) is 37.1 Å². The number of aromatic nitrogens is 2. The van der Waals surface area contributed by atoms with Crippen LogP contribution in [-0.2, 0) is 16.9 Å². The quantitative estimate of drug-likeness (QED) is 0.834. The monoisotopic (exact) mass is 340 g/mol. The van der Waals surface area contributed by atoms with E-state index in [-0.39, 0.29) is 5.91 Å². The molecule has 1 aromatic heterocycles. The van der Waals surface area contributed by atoms with Gasteiger partial charge in [0.05, 0.1) is 19.0 Å². The molecule has 0 radical (unpaired) electrons. The van der Waals surface area contributed by atoms with Crippen molar-refractivity contribution < 1.29 is 9.53 Å². The Morgan fingerprint density at radius 2 is 2.20 bits per heavy atom. The predicted molar refractivity (Wildman–Crippen MR) is 95.0 cm³/mol. The molecule has 1 amide bonds. The number of likely N-dealkylation sites (tertiary alicyclic amines) is 1. The first-order valence-electron chi connectivity index (χ1n) is 8.44. The van der Waals surface area contributed by atoms with Crippen LogP contribution in [0.25, 0.3) is 0 Å². The van der Waals surface area contributed by atoms with E-state index in [0.29, 0.717) is 12.2 Å². The van der Waals surface area contributed by atoms with Crippen molar-refractivity contribution in [1.29, 1.82) is 0 Å². The maximum atomic E-state index is 13.2. The average molecular weight is 340 g/mol. The Bertz CT molecular complexity index is 735. The SMILES string of the molecule is COc1cccc(CN2CCCC2(C(=O)N(C)C)c2cnccn2)c1. The minimum Gasteiger partial charge on any atom is -0.497 e. The Kier molecular flexibility index (Phi) is 4.99. The number of hydrogen-bond acceptors (Lipinski definition) is 5. The molecule has 1 saturated heterocycles. The van der Waals surface area contributed by atoms with Gasteiger partial charge in [0.1, 0.15) is 11.3 Å². The highest BCUT2D eigenvalue weighted by Crippen LogP contribution is 2.40. The lowest BCUT2D eigenvalue weighted by atomic mass is 9.90. The number of likely N-dealkylation sites (N-methyl/N-ethyl adjacent to an activating group) is 1. The van der Waals surface area contributed by atoms with Gasteiger partial charge in [0.2, 0.25) is 5.91 Å². The molecule has 2 heterocycles. The molecule has 6 heteroatoms. The second kappa shape index (κ2) is 7.19. The van der Waals surface area contributed by atoms with E-state index in [1.165, 1.54) is 0 Å². The van der Waals surface area contributed by atoms with Crippen LogP contribution in [0.5, 0.6) is 5.75 Å². The summed E-state index contributed by atoms with van der Waals surface area (Å²) in [6.45, 7) is 1.50. The van der Waals surface area contributed by atoms with Crippen LogP contribution >= 0.6 is 0 Å². The summed E-state index contributed by atoms with van der Waals surface area (Å²) >= 11 is 0. The van der Waals surface area contributed by atoms with Crippen molar-refractivity contribution in [2.45, 2.75) is 24.9 Å². The molecule has 1 aliphatic heterocycles. The fraction of sp³-hybridized carbons (Fsp3) is 0.421. The average Bonchev–Trinajstić information content (AvgIpc) is 3.06. The van der Waals surface area contributed by atoms with E-state index in [2.05, 4.69) is 20.9 Å². The van der Waals surface area contributed by atoms with Crippen LogP contribution < -0.4 is 4.74 Å². The molecule has 25 heavy (non-hydrogen) atoms. The normalized spacial score (nSPS) is 20.4. The van der Waals surface area contributed by atoms with Crippen molar-refractivity contribution in [3.05, 3.63) is 54.1 Å². The standard InChI is InChI=1S/C19H24N4O2/c1-22(2)18(24)19(17-13-20-9-10-21-17)8-5-11-23(19)14-15-6-4-7-16(12-15)25-3/h4,6-7,9-10,12-13H,5,8,11,14H2,1-3H3. The Morgan fingerprint density at radius 1 is 1.36 bits per heavy atom. The number of rotatable bonds is 5. The van der Waals surface area contributed by atoms with Gasteiger partial charge in [-0.25, -0.2) is 0 Å². The number of amides is 1. The molecule has 6 nitrogen and oxygen atoms in total. The van der Waals surface area contributed by atoms with Crippen LogP contribution in [-0.4, -0.2) is 53.4 Å². The van der Waals surface area contributed by atoms with Crippen molar-refractivity contribution in [2.75, 3.05) is 27.7 Å². The summed E-state index contributed by atoms with van der Waals surface area (Å²) in [6.07, 6.45) is 6.69. The van der Waals surface area contributed by atoms with Crippen molar-refractivity contribution in [3.63, 3.8) is 0 Å². The summed E-state index contributed by atoms with van der Waals surface area (Å²) in [5.41, 5.74) is 1.07. The van der Waals surface area contributed by atoms with Gasteiger partial charge in [-0.3, -0.25) is 19.7 Å². The molecule has 1 aliphatic rings. The topological polar surface area (TPSA) is 58.6 Å². The zero-order valence-corrected chi connectivity index (χ0v) is 15.0. The molecule has 1 fully saturated rings. The van der Waals surface area contributed by atoms with E-state index in [1.807, 2.05) is 18.2 Å². The van der Waals surface area contributed by atoms with Crippen molar-refractivity contribution in [2.24, 2.45) is 0 Å². The number of hydrogen-bond donors (Lipinski definition) is 0. The molecule has 3 rings (SSSR count). The summed E-state index contributed by atoms with van der Waals surface area (Å²) in [4.78, 5) is 25.7. The van der Waals surface area contributed by atoms with Crippen molar-refractivity contribution >= 4 is 5.91 Å². The molecule has 0 bridgehead atoms. The highest BCUT2D eigenvalue weighted by Gasteiger charge is 2.50. The summed E-state index contributed by atoms with van der Waals surface area (Å²) < 4.78 is 5.33. The van der Waals surface area contributed by atoms with Crippen molar-refractivity contribution in [3.8, 4) is 5.75 Å². The molecule has 1 unspecified atom stereocenters. The second-order valence-electron chi connectivity index (χ2n) is 6.53. The number of benzene rings is 1. The van der Waals surface area contributed by atoms with Crippen LogP contribution in [0.15, 0.2) is 42.9 Å². The summed E-state index contributed by atoms with van der Waals surface area (Å²) in [7, 11) is 5.25. The fourth-order valence-electron chi connectivity index (χ4n) is 3.60. The van der Waals surface area contributed by atoms with Gasteiger partial charge in [-0.1, -0.05) is 12.1 Å². The summed E-state index contributed by atoms with van der Waals surface area (Å²) in [5, 5.41) is 0. The maximum Gasteiger partial charge on any atom is 0.248 e. The Balaban J connectivity index is 2.00. The van der Waals surface area contributed by atoms with E-state index < -0.39 is 5.54 Å². The van der Waals surface area contributed by atoms with Crippen LogP contribution in [0.2, 0.25) is 0 Å². The lowest BCUT2D eigenvalue weighted by Crippen LogP contribution is -2.52. The van der Waals surface area contributed by atoms with Gasteiger partial charge >= 0.3 is 0 Å². The molecule has 0 saturated carbocycles. The van der Waals surface area contributed by atoms with Crippen molar-refractivity contribution in [1.82, 2.24) is 19.8 Å². The second-order valence-corrected chi connectivity index (χ2v) is 6.53. The first-order valence-corrected chi connectivity index (χ1v) is 8.44. The Morgan fingerprint density at radius 3 is 2.88 bits per heavy atom. The minimum absolute atomic E-state index is 0.0494. The molecule has 0 spiro atoms. The third kappa shape index (κ3) is 3.22. The molecule has 0 aliphatic carbocycles. The molecule has 2 aromatic rings. The molecule has 132 valence electrons. The number of nitrogens with zero attached hydrogens (tertiary/aromatic N) is 4. The zero-order valence-electron chi connectivity index (χ0n) is 15.0. The van der Waals surface area contributed by atoms with Crippen LogP contribution in [0.1, 0.15) is 24.1 Å². The number of methoxy groups -OCH3 is 1. The van der Waals surface area contributed by atoms with E-state index in [4.69, 9.17) is 4.74 Å². The van der Waals surface area contributed by atoms with Gasteiger partial charge in [0, 0.05) is 33.0 Å². The molecule has 1 atom stereocenters. The molecule has 0 N–H and O–H groups in total. The Hall–Kier alpha value is -2.47. The molecular formula is C19H24N4O2. The van der Waals surface area contributed by atoms with Crippen LogP contribution in [0.3, 0.4) is 0 Å². The number of carbonyl (C=O) groups excluding carboxylic acids is 1. The van der Waals surface area contributed by atoms with Gasteiger partial charge in [-0.15, -0.1) is 0 Å². The van der Waals surface area contributed by atoms with E-state index in [9.17, 15) is 4.79 Å². The van der Waals surface area contributed by atoms with E-state index in [0.717, 1.165) is 30.7 Å².